The molecule has 0 radical (unpaired) electrons. The van der Waals surface area contributed by atoms with Crippen molar-refractivity contribution < 1.29 is 14.3 Å². The van der Waals surface area contributed by atoms with Crippen LogP contribution in [-0.2, 0) is 16.1 Å². The molecule has 0 aliphatic rings. The largest absolute Gasteiger partial charge is 0.484 e. The van der Waals surface area contributed by atoms with Crippen LogP contribution in [0.25, 0.3) is 0 Å². The Hall–Kier alpha value is -2.33. The predicted molar refractivity (Wildman–Crippen MR) is 120 cm³/mol. The number of ether oxygens (including phenoxy) is 1. The Balaban J connectivity index is 1.39. The molecule has 7 nitrogen and oxygen atoms in total. The van der Waals surface area contributed by atoms with Crippen molar-refractivity contribution in [3.8, 4) is 5.75 Å². The van der Waals surface area contributed by atoms with E-state index in [1.807, 2.05) is 18.2 Å². The van der Waals surface area contributed by atoms with Crippen molar-refractivity contribution in [1.29, 1.82) is 0 Å². The van der Waals surface area contributed by atoms with Gasteiger partial charge in [0.2, 0.25) is 11.0 Å². The molecule has 30 heavy (non-hydrogen) atoms. The maximum atomic E-state index is 12.0. The Labute approximate surface area is 191 Å². The van der Waals surface area contributed by atoms with E-state index in [4.69, 9.17) is 27.9 Å². The zero-order chi connectivity index (χ0) is 21.3. The van der Waals surface area contributed by atoms with Crippen LogP contribution < -0.4 is 15.4 Å². The maximum absolute atomic E-state index is 12.0. The van der Waals surface area contributed by atoms with E-state index in [9.17, 15) is 9.59 Å². The summed E-state index contributed by atoms with van der Waals surface area (Å²) in [6.07, 6.45) is 0. The molecule has 0 spiro atoms. The first-order valence-corrected chi connectivity index (χ1v) is 11.2. The number of rotatable bonds is 9. The first kappa shape index (κ1) is 22.4. The lowest BCUT2D eigenvalue weighted by molar-refractivity contribution is -0.119. The highest BCUT2D eigenvalue weighted by Gasteiger charge is 2.11. The van der Waals surface area contributed by atoms with Gasteiger partial charge in [-0.15, -0.1) is 10.2 Å². The lowest BCUT2D eigenvalue weighted by atomic mass is 10.2. The third-order valence-corrected chi connectivity index (χ3v) is 6.19. The van der Waals surface area contributed by atoms with E-state index < -0.39 is 0 Å². The van der Waals surface area contributed by atoms with E-state index in [0.717, 1.165) is 5.56 Å². The first-order valence-electron chi connectivity index (χ1n) is 8.64. The summed E-state index contributed by atoms with van der Waals surface area (Å²) in [5.74, 6) is 0.185. The SMILES string of the molecule is O=C(CSc1nnc(NC(=O)COc2ccc(Cl)cc2)s1)NCc1ccccc1Cl. The van der Waals surface area contributed by atoms with Crippen molar-refractivity contribution in [1.82, 2.24) is 15.5 Å². The standard InChI is InChI=1S/C19H16Cl2N4O3S2/c20-13-5-7-14(8-6-13)28-10-16(26)23-18-24-25-19(30-18)29-11-17(27)22-9-12-3-1-2-4-15(12)21/h1-8H,9-11H2,(H,22,27)(H,23,24,26). The van der Waals surface area contributed by atoms with E-state index in [2.05, 4.69) is 20.8 Å². The molecule has 2 amide bonds. The Morgan fingerprint density at radius 1 is 1.03 bits per heavy atom. The number of halogens is 2. The lowest BCUT2D eigenvalue weighted by Crippen LogP contribution is -2.24. The van der Waals surface area contributed by atoms with Gasteiger partial charge in [0.15, 0.2) is 10.9 Å². The molecular formula is C19H16Cl2N4O3S2. The summed E-state index contributed by atoms with van der Waals surface area (Å²) in [4.78, 5) is 24.0. The molecule has 0 aliphatic heterocycles. The Kier molecular flexibility index (Phi) is 8.32. The number of amides is 2. The minimum atomic E-state index is -0.366. The van der Waals surface area contributed by atoms with Crippen LogP contribution in [0.1, 0.15) is 5.56 Å². The fourth-order valence-electron chi connectivity index (χ4n) is 2.17. The van der Waals surface area contributed by atoms with Gasteiger partial charge in [0.05, 0.1) is 5.75 Å². The number of carbonyl (C=O) groups is 2. The monoisotopic (exact) mass is 482 g/mol. The summed E-state index contributed by atoms with van der Waals surface area (Å²) in [6, 6.07) is 14.0. The second-order valence-electron chi connectivity index (χ2n) is 5.82. The smallest absolute Gasteiger partial charge is 0.264 e. The van der Waals surface area contributed by atoms with Gasteiger partial charge in [0, 0.05) is 16.6 Å². The minimum absolute atomic E-state index is 0.155. The van der Waals surface area contributed by atoms with Gasteiger partial charge in [0.1, 0.15) is 5.75 Å². The zero-order valence-electron chi connectivity index (χ0n) is 15.4. The molecule has 156 valence electrons. The van der Waals surface area contributed by atoms with Crippen LogP contribution in [0.4, 0.5) is 5.13 Å². The van der Waals surface area contributed by atoms with E-state index in [-0.39, 0.29) is 24.2 Å². The van der Waals surface area contributed by atoms with Crippen LogP contribution in [0.15, 0.2) is 52.9 Å². The topological polar surface area (TPSA) is 93.2 Å². The van der Waals surface area contributed by atoms with Crippen LogP contribution in [0, 0.1) is 0 Å². The summed E-state index contributed by atoms with van der Waals surface area (Å²) in [5, 5.41) is 14.8. The van der Waals surface area contributed by atoms with Crippen molar-refractivity contribution in [2.45, 2.75) is 10.9 Å². The summed E-state index contributed by atoms with van der Waals surface area (Å²) in [6.45, 7) is 0.179. The van der Waals surface area contributed by atoms with Crippen molar-refractivity contribution >= 4 is 63.2 Å². The van der Waals surface area contributed by atoms with Crippen LogP contribution in [-0.4, -0.2) is 34.4 Å². The van der Waals surface area contributed by atoms with Gasteiger partial charge in [-0.05, 0) is 35.9 Å². The van der Waals surface area contributed by atoms with Crippen LogP contribution in [0.2, 0.25) is 10.0 Å². The molecule has 0 saturated carbocycles. The molecule has 0 fully saturated rings. The van der Waals surface area contributed by atoms with Crippen LogP contribution in [0.3, 0.4) is 0 Å². The molecular weight excluding hydrogens is 467 g/mol. The van der Waals surface area contributed by atoms with Gasteiger partial charge in [-0.1, -0.05) is 64.5 Å². The number of hydrogen-bond acceptors (Lipinski definition) is 7. The molecule has 0 bridgehead atoms. The van der Waals surface area contributed by atoms with Crippen molar-refractivity contribution in [3.05, 3.63) is 64.1 Å². The molecule has 2 N–H and O–H groups in total. The molecule has 3 aromatic rings. The molecule has 1 heterocycles. The fourth-order valence-corrected chi connectivity index (χ4v) is 4.09. The van der Waals surface area contributed by atoms with E-state index in [0.29, 0.717) is 31.8 Å². The minimum Gasteiger partial charge on any atom is -0.484 e. The van der Waals surface area contributed by atoms with E-state index >= 15 is 0 Å². The number of carbonyl (C=O) groups excluding carboxylic acids is 2. The number of nitrogens with zero attached hydrogens (tertiary/aromatic N) is 2. The summed E-state index contributed by atoms with van der Waals surface area (Å²) in [7, 11) is 0. The molecule has 0 unspecified atom stereocenters. The van der Waals surface area contributed by atoms with Gasteiger partial charge in [-0.2, -0.15) is 0 Å². The fraction of sp³-hybridized carbons (Fsp3) is 0.158. The molecule has 0 aliphatic carbocycles. The maximum Gasteiger partial charge on any atom is 0.264 e. The van der Waals surface area contributed by atoms with Crippen molar-refractivity contribution in [2.24, 2.45) is 0 Å². The number of nitrogens with one attached hydrogen (secondary N) is 2. The van der Waals surface area contributed by atoms with Gasteiger partial charge >= 0.3 is 0 Å². The van der Waals surface area contributed by atoms with Gasteiger partial charge in [0.25, 0.3) is 5.91 Å². The van der Waals surface area contributed by atoms with Crippen LogP contribution >= 0.6 is 46.3 Å². The van der Waals surface area contributed by atoms with E-state index in [1.165, 1.54) is 23.1 Å². The zero-order valence-corrected chi connectivity index (χ0v) is 18.6. The van der Waals surface area contributed by atoms with Gasteiger partial charge in [-0.3, -0.25) is 14.9 Å². The number of aromatic nitrogens is 2. The third kappa shape index (κ3) is 7.17. The second-order valence-corrected chi connectivity index (χ2v) is 8.86. The summed E-state index contributed by atoms with van der Waals surface area (Å²) in [5.41, 5.74) is 0.847. The number of benzene rings is 2. The number of thioether (sulfide) groups is 1. The predicted octanol–water partition coefficient (Wildman–Crippen LogP) is 4.27. The summed E-state index contributed by atoms with van der Waals surface area (Å²) >= 11 is 14.3. The molecule has 0 saturated heterocycles. The molecule has 1 aromatic heterocycles. The average molecular weight is 483 g/mol. The molecule has 2 aromatic carbocycles. The number of anilines is 1. The van der Waals surface area contributed by atoms with Crippen molar-refractivity contribution in [3.63, 3.8) is 0 Å². The number of hydrogen-bond donors (Lipinski definition) is 2. The van der Waals surface area contributed by atoms with E-state index in [1.54, 1.807) is 30.3 Å². The average Bonchev–Trinajstić information content (AvgIpc) is 3.18. The van der Waals surface area contributed by atoms with Gasteiger partial charge in [-0.25, -0.2) is 0 Å². The van der Waals surface area contributed by atoms with Crippen LogP contribution in [0.5, 0.6) is 5.75 Å². The second kappa shape index (κ2) is 11.2. The Morgan fingerprint density at radius 3 is 2.57 bits per heavy atom. The highest BCUT2D eigenvalue weighted by molar-refractivity contribution is 8.01. The molecule has 3 rings (SSSR count). The molecule has 0 atom stereocenters. The molecule has 11 heteroatoms. The summed E-state index contributed by atoms with van der Waals surface area (Å²) < 4.78 is 5.94. The highest BCUT2D eigenvalue weighted by atomic mass is 35.5. The Bertz CT molecular complexity index is 1020. The van der Waals surface area contributed by atoms with Gasteiger partial charge < -0.3 is 10.1 Å². The third-order valence-electron chi connectivity index (χ3n) is 3.60. The highest BCUT2D eigenvalue weighted by Crippen LogP contribution is 2.25. The normalized spacial score (nSPS) is 10.5. The van der Waals surface area contributed by atoms with Crippen molar-refractivity contribution in [2.75, 3.05) is 17.7 Å². The quantitative estimate of drug-likeness (QED) is 0.349. The lowest BCUT2D eigenvalue weighted by Gasteiger charge is -2.06. The Morgan fingerprint density at radius 2 is 1.80 bits per heavy atom. The first-order chi connectivity index (χ1) is 14.5.